The van der Waals surface area contributed by atoms with E-state index in [4.69, 9.17) is 22.1 Å². The number of halogens is 1. The molecule has 0 aliphatic carbocycles. The summed E-state index contributed by atoms with van der Waals surface area (Å²) in [6.07, 6.45) is 0. The lowest BCUT2D eigenvalue weighted by molar-refractivity contribution is 0.398. The monoisotopic (exact) mass is 158 g/mol. The Hall–Kier alpha value is -0.960. The Kier molecular flexibility index (Phi) is 1.97. The van der Waals surface area contributed by atoms with E-state index in [1.165, 1.54) is 7.11 Å². The zero-order chi connectivity index (χ0) is 7.56. The van der Waals surface area contributed by atoms with Gasteiger partial charge in [-0.3, -0.25) is 0 Å². The third-order valence-corrected chi connectivity index (χ3v) is 1.20. The van der Waals surface area contributed by atoms with Gasteiger partial charge in [0.2, 0.25) is 5.88 Å². The van der Waals surface area contributed by atoms with E-state index in [0.29, 0.717) is 16.7 Å². The standard InChI is InChI=1S/C6H7ClN2O/c1-10-6-3-4(8)2-5(7)9-6/h2-3H,1H3,(H2,8,9). The minimum absolute atomic E-state index is 0.344. The average Bonchev–Trinajstić information content (AvgIpc) is 1.85. The summed E-state index contributed by atoms with van der Waals surface area (Å²) >= 11 is 5.56. The highest BCUT2D eigenvalue weighted by atomic mass is 35.5. The van der Waals surface area contributed by atoms with E-state index >= 15 is 0 Å². The molecule has 54 valence electrons. The molecule has 1 aromatic rings. The first-order valence-electron chi connectivity index (χ1n) is 2.69. The van der Waals surface area contributed by atoms with Crippen molar-refractivity contribution in [3.63, 3.8) is 0 Å². The third-order valence-electron chi connectivity index (χ3n) is 1.00. The van der Waals surface area contributed by atoms with Gasteiger partial charge in [0, 0.05) is 11.8 Å². The van der Waals surface area contributed by atoms with E-state index in [2.05, 4.69) is 4.98 Å². The predicted octanol–water partition coefficient (Wildman–Crippen LogP) is 1.33. The van der Waals surface area contributed by atoms with Gasteiger partial charge in [-0.1, -0.05) is 11.6 Å². The van der Waals surface area contributed by atoms with Gasteiger partial charge in [-0.25, -0.2) is 4.98 Å². The van der Waals surface area contributed by atoms with Crippen LogP contribution in [0.15, 0.2) is 12.1 Å². The number of ether oxygens (including phenoxy) is 1. The Morgan fingerprint density at radius 3 is 2.80 bits per heavy atom. The molecule has 4 heteroatoms. The molecule has 1 aromatic heterocycles. The molecule has 0 bridgehead atoms. The first-order valence-corrected chi connectivity index (χ1v) is 3.07. The highest BCUT2D eigenvalue weighted by Gasteiger charge is 1.96. The van der Waals surface area contributed by atoms with Crippen LogP contribution >= 0.6 is 11.6 Å². The van der Waals surface area contributed by atoms with Crippen molar-refractivity contribution in [3.05, 3.63) is 17.3 Å². The molecule has 0 spiro atoms. The fourth-order valence-corrected chi connectivity index (χ4v) is 0.805. The number of methoxy groups -OCH3 is 1. The summed E-state index contributed by atoms with van der Waals surface area (Å²) in [6.45, 7) is 0. The lowest BCUT2D eigenvalue weighted by Crippen LogP contribution is -1.91. The molecule has 0 saturated carbocycles. The van der Waals surface area contributed by atoms with Crippen LogP contribution in [0, 0.1) is 0 Å². The number of aromatic nitrogens is 1. The van der Waals surface area contributed by atoms with Crippen LogP contribution in [0.3, 0.4) is 0 Å². The molecule has 0 atom stereocenters. The minimum atomic E-state index is 0.344. The number of nitrogen functional groups attached to an aromatic ring is 1. The second-order valence-electron chi connectivity index (χ2n) is 1.77. The summed E-state index contributed by atoms with van der Waals surface area (Å²) in [4.78, 5) is 3.82. The van der Waals surface area contributed by atoms with Crippen LogP contribution in [-0.2, 0) is 0 Å². The Morgan fingerprint density at radius 1 is 1.60 bits per heavy atom. The maximum atomic E-state index is 5.56. The third kappa shape index (κ3) is 1.51. The molecule has 10 heavy (non-hydrogen) atoms. The SMILES string of the molecule is COc1cc(N)cc(Cl)n1. The Balaban J connectivity index is 3.06. The molecule has 0 aliphatic rings. The number of rotatable bonds is 1. The normalized spacial score (nSPS) is 9.40. The van der Waals surface area contributed by atoms with E-state index in [9.17, 15) is 0 Å². The van der Waals surface area contributed by atoms with Crippen molar-refractivity contribution in [1.82, 2.24) is 4.98 Å². The predicted molar refractivity (Wildman–Crippen MR) is 40.2 cm³/mol. The van der Waals surface area contributed by atoms with E-state index in [-0.39, 0.29) is 0 Å². The van der Waals surface area contributed by atoms with Crippen molar-refractivity contribution in [1.29, 1.82) is 0 Å². The molecule has 0 unspecified atom stereocenters. The quantitative estimate of drug-likeness (QED) is 0.628. The van der Waals surface area contributed by atoms with Crippen molar-refractivity contribution in [2.45, 2.75) is 0 Å². The van der Waals surface area contributed by atoms with Crippen molar-refractivity contribution in [2.75, 3.05) is 12.8 Å². The summed E-state index contributed by atoms with van der Waals surface area (Å²) in [5, 5.41) is 0.344. The molecule has 0 saturated heterocycles. The van der Waals surface area contributed by atoms with Crippen LogP contribution in [-0.4, -0.2) is 12.1 Å². The molecule has 0 fully saturated rings. The van der Waals surface area contributed by atoms with Gasteiger partial charge in [0.15, 0.2) is 0 Å². The molecular weight excluding hydrogens is 152 g/mol. The first kappa shape index (κ1) is 7.15. The fraction of sp³-hybridized carbons (Fsp3) is 0.167. The molecular formula is C6H7ClN2O. The van der Waals surface area contributed by atoms with Crippen LogP contribution in [0.2, 0.25) is 5.15 Å². The number of pyridine rings is 1. The lowest BCUT2D eigenvalue weighted by Gasteiger charge is -1.99. The van der Waals surface area contributed by atoms with Gasteiger partial charge in [0.25, 0.3) is 0 Å². The molecule has 0 aliphatic heterocycles. The van der Waals surface area contributed by atoms with Crippen LogP contribution in [0.1, 0.15) is 0 Å². The molecule has 3 nitrogen and oxygen atoms in total. The van der Waals surface area contributed by atoms with Crippen molar-refractivity contribution >= 4 is 17.3 Å². The minimum Gasteiger partial charge on any atom is -0.481 e. The van der Waals surface area contributed by atoms with Crippen molar-refractivity contribution < 1.29 is 4.74 Å². The summed E-state index contributed by atoms with van der Waals surface area (Å²) in [7, 11) is 1.51. The molecule has 0 aromatic carbocycles. The Bertz CT molecular complexity index is 219. The van der Waals surface area contributed by atoms with E-state index in [0.717, 1.165) is 0 Å². The Labute approximate surface area is 63.8 Å². The smallest absolute Gasteiger partial charge is 0.216 e. The van der Waals surface area contributed by atoms with Gasteiger partial charge in [0.1, 0.15) is 5.15 Å². The van der Waals surface area contributed by atoms with Crippen LogP contribution in [0.5, 0.6) is 5.88 Å². The van der Waals surface area contributed by atoms with E-state index < -0.39 is 0 Å². The van der Waals surface area contributed by atoms with Gasteiger partial charge in [0.05, 0.1) is 7.11 Å². The summed E-state index contributed by atoms with van der Waals surface area (Å²) in [5.41, 5.74) is 5.98. The fourth-order valence-electron chi connectivity index (χ4n) is 0.596. The first-order chi connectivity index (χ1) is 4.72. The number of nitrogens with zero attached hydrogens (tertiary/aromatic N) is 1. The maximum Gasteiger partial charge on any atom is 0.216 e. The highest BCUT2D eigenvalue weighted by Crippen LogP contribution is 2.16. The van der Waals surface area contributed by atoms with Crippen molar-refractivity contribution in [3.8, 4) is 5.88 Å². The number of anilines is 1. The van der Waals surface area contributed by atoms with E-state index in [1.54, 1.807) is 12.1 Å². The topological polar surface area (TPSA) is 48.1 Å². The lowest BCUT2D eigenvalue weighted by atomic mass is 10.4. The number of hydrogen-bond donors (Lipinski definition) is 1. The van der Waals surface area contributed by atoms with Gasteiger partial charge < -0.3 is 10.5 Å². The number of nitrogens with two attached hydrogens (primary N) is 1. The Morgan fingerprint density at radius 2 is 2.30 bits per heavy atom. The van der Waals surface area contributed by atoms with Crippen LogP contribution in [0.25, 0.3) is 0 Å². The van der Waals surface area contributed by atoms with Crippen LogP contribution < -0.4 is 10.5 Å². The summed E-state index contributed by atoms with van der Waals surface area (Å²) < 4.78 is 4.80. The molecule has 0 radical (unpaired) electrons. The highest BCUT2D eigenvalue weighted by molar-refractivity contribution is 6.29. The van der Waals surface area contributed by atoms with E-state index in [1.807, 2.05) is 0 Å². The second-order valence-corrected chi connectivity index (χ2v) is 2.15. The molecule has 0 amide bonds. The number of hydrogen-bond acceptors (Lipinski definition) is 3. The second kappa shape index (κ2) is 2.75. The molecule has 1 rings (SSSR count). The molecule has 1 heterocycles. The largest absolute Gasteiger partial charge is 0.481 e. The van der Waals surface area contributed by atoms with Gasteiger partial charge >= 0.3 is 0 Å². The van der Waals surface area contributed by atoms with Crippen LogP contribution in [0.4, 0.5) is 5.69 Å². The zero-order valence-corrected chi connectivity index (χ0v) is 6.22. The summed E-state index contributed by atoms with van der Waals surface area (Å²) in [5.74, 6) is 0.435. The van der Waals surface area contributed by atoms with Gasteiger partial charge in [-0.2, -0.15) is 0 Å². The van der Waals surface area contributed by atoms with Crippen molar-refractivity contribution in [2.24, 2.45) is 0 Å². The molecule has 2 N–H and O–H groups in total. The maximum absolute atomic E-state index is 5.56. The summed E-state index contributed by atoms with van der Waals surface area (Å²) in [6, 6.07) is 3.16. The zero-order valence-electron chi connectivity index (χ0n) is 5.47. The van der Waals surface area contributed by atoms with Gasteiger partial charge in [-0.05, 0) is 6.07 Å². The average molecular weight is 159 g/mol. The van der Waals surface area contributed by atoms with Gasteiger partial charge in [-0.15, -0.1) is 0 Å².